The zero-order valence-electron chi connectivity index (χ0n) is 11.8. The molecule has 1 aliphatic rings. The van der Waals surface area contributed by atoms with E-state index in [4.69, 9.17) is 23.2 Å². The Bertz CT molecular complexity index is 510. The summed E-state index contributed by atoms with van der Waals surface area (Å²) in [4.78, 5) is 11.2. The van der Waals surface area contributed by atoms with Crippen LogP contribution in [0, 0.1) is 5.41 Å². The van der Waals surface area contributed by atoms with Gasteiger partial charge in [0.25, 0.3) is 0 Å². The van der Waals surface area contributed by atoms with Crippen molar-refractivity contribution in [1.29, 1.82) is 0 Å². The molecule has 0 spiro atoms. The average Bonchev–Trinajstić information content (AvgIpc) is 2.41. The van der Waals surface area contributed by atoms with Crippen molar-refractivity contribution in [3.8, 4) is 0 Å². The Morgan fingerprint density at radius 2 is 1.86 bits per heavy atom. The first-order valence-electron chi connectivity index (χ1n) is 7.27. The van der Waals surface area contributed by atoms with Gasteiger partial charge >= 0.3 is 5.97 Å². The molecule has 1 saturated carbocycles. The van der Waals surface area contributed by atoms with E-state index in [0.29, 0.717) is 22.0 Å². The van der Waals surface area contributed by atoms with Gasteiger partial charge in [0.05, 0.1) is 22.6 Å². The van der Waals surface area contributed by atoms with Crippen LogP contribution in [0.2, 0.25) is 10.0 Å². The van der Waals surface area contributed by atoms with Crippen LogP contribution < -0.4 is 0 Å². The maximum absolute atomic E-state index is 11.2. The maximum atomic E-state index is 11.2. The van der Waals surface area contributed by atoms with Gasteiger partial charge in [0.1, 0.15) is 0 Å². The molecule has 0 radical (unpaired) electrons. The highest BCUT2D eigenvalue weighted by atomic mass is 35.5. The number of aliphatic hydroxyl groups is 1. The normalized spacial score (nSPS) is 19.2. The van der Waals surface area contributed by atoms with E-state index in [1.165, 1.54) is 0 Å². The molecule has 3 nitrogen and oxygen atoms in total. The Labute approximate surface area is 134 Å². The number of aliphatic hydroxyl groups excluding tert-OH is 1. The van der Waals surface area contributed by atoms with E-state index >= 15 is 0 Å². The summed E-state index contributed by atoms with van der Waals surface area (Å²) in [6, 6.07) is 5.06. The van der Waals surface area contributed by atoms with Crippen LogP contribution in [-0.4, -0.2) is 16.2 Å². The fraction of sp³-hybridized carbons (Fsp3) is 0.562. The number of hydrogen-bond acceptors (Lipinski definition) is 2. The molecule has 21 heavy (non-hydrogen) atoms. The van der Waals surface area contributed by atoms with E-state index in [9.17, 15) is 15.0 Å². The summed E-state index contributed by atoms with van der Waals surface area (Å²) in [7, 11) is 0. The standard InChI is InChI=1S/C16H20Cl2O3/c17-12-5-4-11(8-13(12)18)14(19)9-16(10-15(20)21)6-2-1-3-7-16/h4-5,8,14,19H,1-3,6-7,9-10H2,(H,20,21). The second-order valence-corrected chi connectivity index (χ2v) is 6.84. The molecule has 0 aromatic heterocycles. The number of hydrogen-bond donors (Lipinski definition) is 2. The van der Waals surface area contributed by atoms with Crippen LogP contribution in [0.25, 0.3) is 0 Å². The van der Waals surface area contributed by atoms with Crippen LogP contribution in [0.1, 0.15) is 56.6 Å². The topological polar surface area (TPSA) is 57.5 Å². The zero-order chi connectivity index (χ0) is 15.5. The van der Waals surface area contributed by atoms with Crippen molar-refractivity contribution in [2.24, 2.45) is 5.41 Å². The van der Waals surface area contributed by atoms with Gasteiger partial charge in [0, 0.05) is 0 Å². The first-order valence-corrected chi connectivity index (χ1v) is 8.02. The molecule has 1 fully saturated rings. The monoisotopic (exact) mass is 330 g/mol. The summed E-state index contributed by atoms with van der Waals surface area (Å²) in [5.41, 5.74) is 0.384. The third-order valence-corrected chi connectivity index (χ3v) is 5.13. The van der Waals surface area contributed by atoms with E-state index in [1.54, 1.807) is 18.2 Å². The minimum Gasteiger partial charge on any atom is -0.481 e. The first kappa shape index (κ1) is 16.6. The lowest BCUT2D eigenvalue weighted by molar-refractivity contribution is -0.141. The molecule has 0 bridgehead atoms. The van der Waals surface area contributed by atoms with Crippen molar-refractivity contribution < 1.29 is 15.0 Å². The number of benzene rings is 1. The quantitative estimate of drug-likeness (QED) is 0.811. The van der Waals surface area contributed by atoms with Gasteiger partial charge in [-0.25, -0.2) is 0 Å². The minimum atomic E-state index is -0.793. The van der Waals surface area contributed by atoms with Crippen molar-refractivity contribution >= 4 is 29.2 Å². The SMILES string of the molecule is O=C(O)CC1(CC(O)c2ccc(Cl)c(Cl)c2)CCCCC1. The minimum absolute atomic E-state index is 0.116. The molecular weight excluding hydrogens is 311 g/mol. The number of halogens is 2. The molecule has 1 aromatic rings. The highest BCUT2D eigenvalue weighted by Gasteiger charge is 2.36. The fourth-order valence-corrected chi connectivity index (χ4v) is 3.63. The van der Waals surface area contributed by atoms with Crippen LogP contribution in [-0.2, 0) is 4.79 Å². The number of carbonyl (C=O) groups is 1. The van der Waals surface area contributed by atoms with Gasteiger partial charge in [0.15, 0.2) is 0 Å². The molecule has 2 N–H and O–H groups in total. The van der Waals surface area contributed by atoms with Gasteiger partial charge in [-0.3, -0.25) is 4.79 Å². The van der Waals surface area contributed by atoms with E-state index < -0.39 is 12.1 Å². The predicted octanol–water partition coefficient (Wildman–Crippen LogP) is 4.84. The lowest BCUT2D eigenvalue weighted by Crippen LogP contribution is -2.29. The highest BCUT2D eigenvalue weighted by molar-refractivity contribution is 6.42. The molecule has 1 aromatic carbocycles. The number of carboxylic acid groups (broad SMARTS) is 1. The molecule has 116 valence electrons. The molecular formula is C16H20Cl2O3. The largest absolute Gasteiger partial charge is 0.481 e. The summed E-state index contributed by atoms with van der Waals surface area (Å²) < 4.78 is 0. The van der Waals surface area contributed by atoms with Crippen molar-refractivity contribution in [1.82, 2.24) is 0 Å². The number of aliphatic carboxylic acids is 1. The van der Waals surface area contributed by atoms with Crippen molar-refractivity contribution in [3.63, 3.8) is 0 Å². The van der Waals surface area contributed by atoms with Gasteiger partial charge in [-0.05, 0) is 42.4 Å². The summed E-state index contributed by atoms with van der Waals surface area (Å²) in [6.45, 7) is 0. The summed E-state index contributed by atoms with van der Waals surface area (Å²) in [5.74, 6) is -0.793. The van der Waals surface area contributed by atoms with Crippen molar-refractivity contribution in [2.75, 3.05) is 0 Å². The molecule has 1 aliphatic carbocycles. The fourth-order valence-electron chi connectivity index (χ4n) is 3.32. The predicted molar refractivity (Wildman–Crippen MR) is 83.8 cm³/mol. The van der Waals surface area contributed by atoms with Gasteiger partial charge in [-0.2, -0.15) is 0 Å². The smallest absolute Gasteiger partial charge is 0.303 e. The summed E-state index contributed by atoms with van der Waals surface area (Å²) >= 11 is 11.9. The van der Waals surface area contributed by atoms with Crippen LogP contribution in [0.3, 0.4) is 0 Å². The number of rotatable bonds is 5. The van der Waals surface area contributed by atoms with E-state index in [1.807, 2.05) is 0 Å². The second-order valence-electron chi connectivity index (χ2n) is 6.02. The Balaban J connectivity index is 2.15. The summed E-state index contributed by atoms with van der Waals surface area (Å²) in [5, 5.41) is 20.5. The molecule has 1 unspecified atom stereocenters. The highest BCUT2D eigenvalue weighted by Crippen LogP contribution is 2.46. The zero-order valence-corrected chi connectivity index (χ0v) is 13.3. The third kappa shape index (κ3) is 4.35. The van der Waals surface area contributed by atoms with E-state index in [0.717, 1.165) is 32.1 Å². The maximum Gasteiger partial charge on any atom is 0.303 e. The molecule has 5 heteroatoms. The van der Waals surface area contributed by atoms with Gasteiger partial charge < -0.3 is 10.2 Å². The van der Waals surface area contributed by atoms with Gasteiger partial charge in [-0.1, -0.05) is 48.5 Å². The molecule has 1 atom stereocenters. The lowest BCUT2D eigenvalue weighted by Gasteiger charge is -2.37. The van der Waals surface area contributed by atoms with Crippen molar-refractivity contribution in [2.45, 2.75) is 51.0 Å². The Morgan fingerprint density at radius 3 is 2.43 bits per heavy atom. The summed E-state index contributed by atoms with van der Waals surface area (Å²) in [6.07, 6.45) is 4.78. The van der Waals surface area contributed by atoms with Crippen LogP contribution in [0.4, 0.5) is 0 Å². The molecule has 0 aliphatic heterocycles. The van der Waals surface area contributed by atoms with Crippen LogP contribution in [0.15, 0.2) is 18.2 Å². The molecule has 0 heterocycles. The van der Waals surface area contributed by atoms with E-state index in [2.05, 4.69) is 0 Å². The second kappa shape index (κ2) is 6.99. The Morgan fingerprint density at radius 1 is 1.19 bits per heavy atom. The van der Waals surface area contributed by atoms with Gasteiger partial charge in [-0.15, -0.1) is 0 Å². The van der Waals surface area contributed by atoms with E-state index in [-0.39, 0.29) is 11.8 Å². The Kier molecular flexibility index (Phi) is 5.53. The molecule has 0 saturated heterocycles. The van der Waals surface area contributed by atoms with Gasteiger partial charge in [0.2, 0.25) is 0 Å². The van der Waals surface area contributed by atoms with Crippen LogP contribution in [0.5, 0.6) is 0 Å². The number of carboxylic acids is 1. The molecule has 0 amide bonds. The Hall–Kier alpha value is -0.770. The van der Waals surface area contributed by atoms with Crippen LogP contribution >= 0.6 is 23.2 Å². The van der Waals surface area contributed by atoms with Crippen molar-refractivity contribution in [3.05, 3.63) is 33.8 Å². The lowest BCUT2D eigenvalue weighted by atomic mass is 9.68. The molecule has 2 rings (SSSR count). The first-order chi connectivity index (χ1) is 9.92. The average molecular weight is 331 g/mol. The third-order valence-electron chi connectivity index (χ3n) is 4.40.